The highest BCUT2D eigenvalue weighted by molar-refractivity contribution is 5.67. The number of rotatable bonds is 2. The van der Waals surface area contributed by atoms with E-state index in [0.29, 0.717) is 6.54 Å². The van der Waals surface area contributed by atoms with E-state index in [1.807, 2.05) is 24.3 Å². The first-order valence-corrected chi connectivity index (χ1v) is 5.15. The zero-order valence-electron chi connectivity index (χ0n) is 9.93. The molecule has 0 aliphatic carbocycles. The van der Waals surface area contributed by atoms with Crippen LogP contribution in [0.2, 0.25) is 0 Å². The second-order valence-electron chi connectivity index (χ2n) is 3.49. The van der Waals surface area contributed by atoms with Gasteiger partial charge in [0.05, 0.1) is 7.11 Å². The van der Waals surface area contributed by atoms with E-state index in [1.54, 1.807) is 7.05 Å². The van der Waals surface area contributed by atoms with Crippen molar-refractivity contribution in [3.63, 3.8) is 0 Å². The molecule has 0 atom stereocenters. The molecule has 90 valence electrons. The van der Waals surface area contributed by atoms with E-state index in [-0.39, 0.29) is 12.7 Å². The summed E-state index contributed by atoms with van der Waals surface area (Å²) < 4.78 is 4.61. The molecule has 0 bridgehead atoms. The highest BCUT2D eigenvalue weighted by Crippen LogP contribution is 2.07. The van der Waals surface area contributed by atoms with Crippen molar-refractivity contribution in [3.8, 4) is 11.8 Å². The minimum atomic E-state index is -0.378. The predicted octanol–water partition coefficient (Wildman–Crippen LogP) is 1.23. The van der Waals surface area contributed by atoms with Gasteiger partial charge in [-0.15, -0.1) is 0 Å². The minimum Gasteiger partial charge on any atom is -0.453 e. The van der Waals surface area contributed by atoms with Crippen molar-refractivity contribution in [2.75, 3.05) is 20.8 Å². The van der Waals surface area contributed by atoms with Crippen LogP contribution in [0.25, 0.3) is 0 Å². The lowest BCUT2D eigenvalue weighted by atomic mass is 10.1. The van der Waals surface area contributed by atoms with E-state index in [1.165, 1.54) is 12.0 Å². The highest BCUT2D eigenvalue weighted by atomic mass is 16.5. The van der Waals surface area contributed by atoms with Crippen LogP contribution < -0.4 is 0 Å². The van der Waals surface area contributed by atoms with Crippen molar-refractivity contribution in [2.45, 2.75) is 6.54 Å². The molecule has 0 aromatic heterocycles. The zero-order valence-corrected chi connectivity index (χ0v) is 9.93. The van der Waals surface area contributed by atoms with Crippen LogP contribution in [-0.2, 0) is 11.3 Å². The SMILES string of the molecule is COC(=O)N(C)Cc1cccc(C#CCO)c1. The topological polar surface area (TPSA) is 49.8 Å². The van der Waals surface area contributed by atoms with E-state index < -0.39 is 0 Å². The normalized spacial score (nSPS) is 9.12. The fourth-order valence-corrected chi connectivity index (χ4v) is 1.38. The second-order valence-corrected chi connectivity index (χ2v) is 3.49. The van der Waals surface area contributed by atoms with Crippen molar-refractivity contribution in [1.82, 2.24) is 4.90 Å². The summed E-state index contributed by atoms with van der Waals surface area (Å²) in [5, 5.41) is 8.60. The van der Waals surface area contributed by atoms with Gasteiger partial charge in [0.1, 0.15) is 6.61 Å². The van der Waals surface area contributed by atoms with E-state index >= 15 is 0 Å². The van der Waals surface area contributed by atoms with Crippen LogP contribution in [0.3, 0.4) is 0 Å². The Morgan fingerprint density at radius 3 is 2.94 bits per heavy atom. The molecule has 1 N–H and O–H groups in total. The molecule has 0 heterocycles. The van der Waals surface area contributed by atoms with Crippen molar-refractivity contribution >= 4 is 6.09 Å². The summed E-state index contributed by atoms with van der Waals surface area (Å²) in [6.45, 7) is 0.299. The maximum absolute atomic E-state index is 11.2. The summed E-state index contributed by atoms with van der Waals surface area (Å²) >= 11 is 0. The predicted molar refractivity (Wildman–Crippen MR) is 64.3 cm³/mol. The molecule has 1 amide bonds. The number of amides is 1. The van der Waals surface area contributed by atoms with Crippen LogP contribution in [0.5, 0.6) is 0 Å². The van der Waals surface area contributed by atoms with Crippen LogP contribution in [0.1, 0.15) is 11.1 Å². The molecule has 17 heavy (non-hydrogen) atoms. The monoisotopic (exact) mass is 233 g/mol. The summed E-state index contributed by atoms with van der Waals surface area (Å²) in [5.74, 6) is 5.40. The van der Waals surface area contributed by atoms with Gasteiger partial charge in [-0.2, -0.15) is 0 Å². The molecular weight excluding hydrogens is 218 g/mol. The molecule has 0 aliphatic rings. The van der Waals surface area contributed by atoms with Crippen LogP contribution in [0, 0.1) is 11.8 Å². The third kappa shape index (κ3) is 4.17. The molecular formula is C13H15NO3. The van der Waals surface area contributed by atoms with Crippen LogP contribution in [0.15, 0.2) is 24.3 Å². The van der Waals surface area contributed by atoms with E-state index in [9.17, 15) is 4.79 Å². The van der Waals surface area contributed by atoms with Gasteiger partial charge in [0.15, 0.2) is 0 Å². The van der Waals surface area contributed by atoms with Crippen LogP contribution >= 0.6 is 0 Å². The third-order valence-corrected chi connectivity index (χ3v) is 2.14. The number of carbonyl (C=O) groups excluding carboxylic acids is 1. The molecule has 1 rings (SSSR count). The number of aliphatic hydroxyl groups excluding tert-OH is 1. The third-order valence-electron chi connectivity index (χ3n) is 2.14. The minimum absolute atomic E-state index is 0.160. The molecule has 4 nitrogen and oxygen atoms in total. The lowest BCUT2D eigenvalue weighted by Crippen LogP contribution is -2.25. The van der Waals surface area contributed by atoms with E-state index in [0.717, 1.165) is 11.1 Å². The smallest absolute Gasteiger partial charge is 0.409 e. The number of nitrogens with zero attached hydrogens (tertiary/aromatic N) is 1. The standard InChI is InChI=1S/C13H15NO3/c1-14(13(16)17-2)10-12-6-3-5-11(9-12)7-4-8-15/h3,5-6,9,15H,8,10H2,1-2H3. The van der Waals surface area contributed by atoms with Gasteiger partial charge in [-0.25, -0.2) is 4.79 Å². The lowest BCUT2D eigenvalue weighted by Gasteiger charge is -2.15. The van der Waals surface area contributed by atoms with Gasteiger partial charge in [0, 0.05) is 19.2 Å². The molecule has 1 aromatic carbocycles. The number of ether oxygens (including phenoxy) is 1. The Kier molecular flexibility index (Phi) is 5.05. The lowest BCUT2D eigenvalue weighted by molar-refractivity contribution is 0.131. The Morgan fingerprint density at radius 1 is 1.53 bits per heavy atom. The summed E-state index contributed by atoms with van der Waals surface area (Å²) in [6.07, 6.45) is -0.378. The molecule has 0 saturated heterocycles. The first kappa shape index (κ1) is 13.1. The molecule has 0 unspecified atom stereocenters. The van der Waals surface area contributed by atoms with Gasteiger partial charge in [-0.05, 0) is 17.7 Å². The second kappa shape index (κ2) is 6.56. The van der Waals surface area contributed by atoms with Gasteiger partial charge < -0.3 is 14.7 Å². The van der Waals surface area contributed by atoms with E-state index in [4.69, 9.17) is 5.11 Å². The Labute approximate surface area is 101 Å². The fraction of sp³-hybridized carbons (Fsp3) is 0.308. The summed E-state index contributed by atoms with van der Waals surface area (Å²) in [6, 6.07) is 7.50. The van der Waals surface area contributed by atoms with Gasteiger partial charge in [0.2, 0.25) is 0 Å². The van der Waals surface area contributed by atoms with Crippen molar-refractivity contribution in [2.24, 2.45) is 0 Å². The largest absolute Gasteiger partial charge is 0.453 e. The Balaban J connectivity index is 2.75. The maximum Gasteiger partial charge on any atom is 0.409 e. The summed E-state index contributed by atoms with van der Waals surface area (Å²) in [5.41, 5.74) is 1.78. The molecule has 0 spiro atoms. The van der Waals surface area contributed by atoms with Crippen LogP contribution in [-0.4, -0.2) is 36.9 Å². The quantitative estimate of drug-likeness (QED) is 0.782. The number of aliphatic hydroxyl groups is 1. The Hall–Kier alpha value is -1.99. The average Bonchev–Trinajstić information content (AvgIpc) is 2.35. The first-order valence-electron chi connectivity index (χ1n) is 5.15. The zero-order chi connectivity index (χ0) is 12.7. The average molecular weight is 233 g/mol. The van der Waals surface area contributed by atoms with Crippen LogP contribution in [0.4, 0.5) is 4.79 Å². The van der Waals surface area contributed by atoms with Gasteiger partial charge in [-0.3, -0.25) is 0 Å². The number of hydrogen-bond donors (Lipinski definition) is 1. The van der Waals surface area contributed by atoms with Gasteiger partial charge in [0.25, 0.3) is 0 Å². The fourth-order valence-electron chi connectivity index (χ4n) is 1.38. The molecule has 1 aromatic rings. The number of carbonyl (C=O) groups is 1. The Morgan fingerprint density at radius 2 is 2.29 bits per heavy atom. The number of benzene rings is 1. The summed E-state index contributed by atoms with van der Waals surface area (Å²) in [4.78, 5) is 12.7. The van der Waals surface area contributed by atoms with Crippen molar-refractivity contribution in [3.05, 3.63) is 35.4 Å². The Bertz CT molecular complexity index is 445. The van der Waals surface area contributed by atoms with Crippen molar-refractivity contribution in [1.29, 1.82) is 0 Å². The van der Waals surface area contributed by atoms with Crippen molar-refractivity contribution < 1.29 is 14.6 Å². The molecule has 0 fully saturated rings. The summed E-state index contributed by atoms with van der Waals surface area (Å²) in [7, 11) is 3.01. The number of hydrogen-bond acceptors (Lipinski definition) is 3. The van der Waals surface area contributed by atoms with Gasteiger partial charge in [-0.1, -0.05) is 24.0 Å². The highest BCUT2D eigenvalue weighted by Gasteiger charge is 2.08. The molecule has 0 saturated carbocycles. The maximum atomic E-state index is 11.2. The number of methoxy groups -OCH3 is 1. The molecule has 0 aliphatic heterocycles. The molecule has 4 heteroatoms. The molecule has 0 radical (unpaired) electrons. The van der Waals surface area contributed by atoms with Gasteiger partial charge >= 0.3 is 6.09 Å². The van der Waals surface area contributed by atoms with E-state index in [2.05, 4.69) is 16.6 Å². The first-order chi connectivity index (χ1) is 8.17.